The Morgan fingerprint density at radius 1 is 1.16 bits per heavy atom. The summed E-state index contributed by atoms with van der Waals surface area (Å²) < 4.78 is 19.0. The highest BCUT2D eigenvalue weighted by Crippen LogP contribution is 2.32. The standard InChI is InChI=1S/C14H11Cl2FO2/c1-8(18)10-6-5-9(7-12(10)16)19-13-4-2-3-11(15)14(13)17/h2-8,18H,1H3. The van der Waals surface area contributed by atoms with Gasteiger partial charge in [-0.25, -0.2) is 4.39 Å². The van der Waals surface area contributed by atoms with Crippen molar-refractivity contribution in [3.8, 4) is 11.5 Å². The zero-order valence-electron chi connectivity index (χ0n) is 10.0. The molecular formula is C14H11Cl2FO2. The Balaban J connectivity index is 2.29. The maximum Gasteiger partial charge on any atom is 0.184 e. The van der Waals surface area contributed by atoms with Crippen molar-refractivity contribution in [1.82, 2.24) is 0 Å². The van der Waals surface area contributed by atoms with Crippen LogP contribution >= 0.6 is 23.2 Å². The molecule has 0 aliphatic carbocycles. The average Bonchev–Trinajstić information content (AvgIpc) is 2.34. The molecule has 19 heavy (non-hydrogen) atoms. The van der Waals surface area contributed by atoms with Crippen LogP contribution in [0, 0.1) is 5.82 Å². The van der Waals surface area contributed by atoms with E-state index in [4.69, 9.17) is 27.9 Å². The molecular weight excluding hydrogens is 290 g/mol. The van der Waals surface area contributed by atoms with Crippen LogP contribution in [0.3, 0.4) is 0 Å². The molecule has 2 nitrogen and oxygen atoms in total. The van der Waals surface area contributed by atoms with E-state index in [9.17, 15) is 9.50 Å². The van der Waals surface area contributed by atoms with Gasteiger partial charge in [0.25, 0.3) is 0 Å². The third-order valence-electron chi connectivity index (χ3n) is 2.57. The first-order valence-corrected chi connectivity index (χ1v) is 6.34. The van der Waals surface area contributed by atoms with Crippen LogP contribution < -0.4 is 4.74 Å². The fraction of sp³-hybridized carbons (Fsp3) is 0.143. The van der Waals surface area contributed by atoms with Crippen LogP contribution in [0.2, 0.25) is 10.0 Å². The number of hydrogen-bond donors (Lipinski definition) is 1. The van der Waals surface area contributed by atoms with Gasteiger partial charge in [-0.05, 0) is 36.8 Å². The number of aliphatic hydroxyl groups is 1. The molecule has 0 amide bonds. The Kier molecular flexibility index (Phi) is 4.30. The molecule has 2 aromatic rings. The van der Waals surface area contributed by atoms with Crippen molar-refractivity contribution in [2.75, 3.05) is 0 Å². The molecule has 1 atom stereocenters. The molecule has 1 N–H and O–H groups in total. The third-order valence-corrected chi connectivity index (χ3v) is 3.19. The van der Waals surface area contributed by atoms with Gasteiger partial charge in [-0.1, -0.05) is 35.3 Å². The molecule has 0 bridgehead atoms. The van der Waals surface area contributed by atoms with Gasteiger partial charge in [0.05, 0.1) is 16.1 Å². The van der Waals surface area contributed by atoms with Crippen molar-refractivity contribution in [3.63, 3.8) is 0 Å². The minimum Gasteiger partial charge on any atom is -0.454 e. The van der Waals surface area contributed by atoms with E-state index in [-0.39, 0.29) is 10.8 Å². The molecule has 0 spiro atoms. The van der Waals surface area contributed by atoms with E-state index >= 15 is 0 Å². The molecule has 2 rings (SSSR count). The average molecular weight is 301 g/mol. The summed E-state index contributed by atoms with van der Waals surface area (Å²) in [7, 11) is 0. The van der Waals surface area contributed by atoms with Gasteiger partial charge in [-0.2, -0.15) is 0 Å². The fourth-order valence-corrected chi connectivity index (χ4v) is 2.09. The molecule has 0 aliphatic rings. The maximum absolute atomic E-state index is 13.7. The first-order chi connectivity index (χ1) is 8.99. The van der Waals surface area contributed by atoms with E-state index in [1.54, 1.807) is 25.1 Å². The van der Waals surface area contributed by atoms with Gasteiger partial charge in [-0.3, -0.25) is 0 Å². The van der Waals surface area contributed by atoms with E-state index in [2.05, 4.69) is 0 Å². The highest BCUT2D eigenvalue weighted by molar-refractivity contribution is 6.31. The largest absolute Gasteiger partial charge is 0.454 e. The number of aliphatic hydroxyl groups excluding tert-OH is 1. The molecule has 0 heterocycles. The highest BCUT2D eigenvalue weighted by atomic mass is 35.5. The van der Waals surface area contributed by atoms with Gasteiger partial charge < -0.3 is 9.84 Å². The maximum atomic E-state index is 13.7. The highest BCUT2D eigenvalue weighted by Gasteiger charge is 2.11. The van der Waals surface area contributed by atoms with E-state index in [0.29, 0.717) is 16.3 Å². The summed E-state index contributed by atoms with van der Waals surface area (Å²) >= 11 is 11.7. The lowest BCUT2D eigenvalue weighted by molar-refractivity contribution is 0.199. The molecule has 1 unspecified atom stereocenters. The van der Waals surface area contributed by atoms with Crippen molar-refractivity contribution in [2.45, 2.75) is 13.0 Å². The van der Waals surface area contributed by atoms with Gasteiger partial charge in [-0.15, -0.1) is 0 Å². The zero-order valence-corrected chi connectivity index (χ0v) is 11.5. The number of hydrogen-bond acceptors (Lipinski definition) is 2. The molecule has 100 valence electrons. The summed E-state index contributed by atoms with van der Waals surface area (Å²) in [5, 5.41) is 9.81. The second kappa shape index (κ2) is 5.78. The van der Waals surface area contributed by atoms with Gasteiger partial charge in [0.1, 0.15) is 5.75 Å². The van der Waals surface area contributed by atoms with E-state index in [1.807, 2.05) is 0 Å². The molecule has 5 heteroatoms. The van der Waals surface area contributed by atoms with Crippen LogP contribution in [0.25, 0.3) is 0 Å². The molecule has 0 saturated heterocycles. The molecule has 0 radical (unpaired) electrons. The van der Waals surface area contributed by atoms with Gasteiger partial charge >= 0.3 is 0 Å². The van der Waals surface area contributed by atoms with Crippen molar-refractivity contribution in [3.05, 3.63) is 57.8 Å². The number of rotatable bonds is 3. The molecule has 0 saturated carbocycles. The molecule has 0 aromatic heterocycles. The second-order valence-electron chi connectivity index (χ2n) is 4.01. The fourth-order valence-electron chi connectivity index (χ4n) is 1.60. The third kappa shape index (κ3) is 3.18. The van der Waals surface area contributed by atoms with E-state index in [1.165, 1.54) is 18.2 Å². The predicted octanol–water partition coefficient (Wildman–Crippen LogP) is 4.98. The zero-order chi connectivity index (χ0) is 14.0. The lowest BCUT2D eigenvalue weighted by Crippen LogP contribution is -1.94. The molecule has 0 fully saturated rings. The summed E-state index contributed by atoms with van der Waals surface area (Å²) in [6, 6.07) is 9.25. The predicted molar refractivity (Wildman–Crippen MR) is 73.6 cm³/mol. The van der Waals surface area contributed by atoms with Crippen LogP contribution in [-0.4, -0.2) is 5.11 Å². The Bertz CT molecular complexity index is 600. The van der Waals surface area contributed by atoms with E-state index < -0.39 is 11.9 Å². The lowest BCUT2D eigenvalue weighted by atomic mass is 10.1. The minimum absolute atomic E-state index is 0.0100. The van der Waals surface area contributed by atoms with Crippen LogP contribution in [0.5, 0.6) is 11.5 Å². The van der Waals surface area contributed by atoms with Gasteiger partial charge in [0.2, 0.25) is 0 Å². The monoisotopic (exact) mass is 300 g/mol. The van der Waals surface area contributed by atoms with Crippen LogP contribution in [0.15, 0.2) is 36.4 Å². The Morgan fingerprint density at radius 3 is 2.53 bits per heavy atom. The Hall–Kier alpha value is -1.29. The SMILES string of the molecule is CC(O)c1ccc(Oc2cccc(Cl)c2F)cc1Cl. The number of ether oxygens (including phenoxy) is 1. The van der Waals surface area contributed by atoms with Crippen molar-refractivity contribution in [1.29, 1.82) is 0 Å². The van der Waals surface area contributed by atoms with Gasteiger partial charge in [0, 0.05) is 0 Å². The topological polar surface area (TPSA) is 29.5 Å². The summed E-state index contributed by atoms with van der Waals surface area (Å²) in [5.74, 6) is -0.233. The van der Waals surface area contributed by atoms with Crippen LogP contribution in [0.4, 0.5) is 4.39 Å². The number of halogens is 3. The lowest BCUT2D eigenvalue weighted by Gasteiger charge is -2.11. The summed E-state index contributed by atoms with van der Waals surface area (Å²) in [6.45, 7) is 1.61. The van der Waals surface area contributed by atoms with Crippen molar-refractivity contribution in [2.24, 2.45) is 0 Å². The van der Waals surface area contributed by atoms with Crippen LogP contribution in [-0.2, 0) is 0 Å². The summed E-state index contributed by atoms with van der Waals surface area (Å²) in [4.78, 5) is 0. The summed E-state index contributed by atoms with van der Waals surface area (Å²) in [6.07, 6.45) is -0.676. The van der Waals surface area contributed by atoms with Crippen LogP contribution in [0.1, 0.15) is 18.6 Å². The summed E-state index contributed by atoms with van der Waals surface area (Å²) in [5.41, 5.74) is 0.584. The second-order valence-corrected chi connectivity index (χ2v) is 4.83. The smallest absolute Gasteiger partial charge is 0.184 e. The minimum atomic E-state index is -0.676. The first kappa shape index (κ1) is 14.1. The Morgan fingerprint density at radius 2 is 1.89 bits per heavy atom. The molecule has 2 aromatic carbocycles. The van der Waals surface area contributed by atoms with E-state index in [0.717, 1.165) is 0 Å². The number of benzene rings is 2. The quantitative estimate of drug-likeness (QED) is 0.866. The van der Waals surface area contributed by atoms with Crippen molar-refractivity contribution < 1.29 is 14.2 Å². The first-order valence-electron chi connectivity index (χ1n) is 5.58. The normalized spacial score (nSPS) is 12.3. The molecule has 0 aliphatic heterocycles. The van der Waals surface area contributed by atoms with Gasteiger partial charge in [0.15, 0.2) is 11.6 Å². The Labute approximate surface area is 120 Å². The van der Waals surface area contributed by atoms with Crippen molar-refractivity contribution >= 4 is 23.2 Å².